The summed E-state index contributed by atoms with van der Waals surface area (Å²) in [6.07, 6.45) is 2.35. The minimum atomic E-state index is -0.292. The molecule has 0 aromatic carbocycles. The molecule has 3 aromatic heterocycles. The quantitative estimate of drug-likeness (QED) is 0.524. The van der Waals surface area contributed by atoms with Gasteiger partial charge in [0.05, 0.1) is 7.11 Å². The smallest absolute Gasteiger partial charge is 0.319 e. The van der Waals surface area contributed by atoms with E-state index in [0.29, 0.717) is 28.6 Å². The highest BCUT2D eigenvalue weighted by Gasteiger charge is 2.20. The number of pyridine rings is 1. The van der Waals surface area contributed by atoms with Crippen LogP contribution in [0.2, 0.25) is 0 Å². The second-order valence-corrected chi connectivity index (χ2v) is 5.94. The zero-order valence-corrected chi connectivity index (χ0v) is 13.5. The number of fused-ring (bicyclic) bond motifs is 1. The maximum absolute atomic E-state index is 11.7. The lowest BCUT2D eigenvalue weighted by Gasteiger charge is -2.11. The minimum Gasteiger partial charge on any atom is -0.468 e. The van der Waals surface area contributed by atoms with Crippen LogP contribution in [-0.2, 0) is 9.53 Å². The zero-order valence-electron chi connectivity index (χ0n) is 12.7. The number of carbonyl (C=O) groups excluding carboxylic acids is 1. The molecule has 0 spiro atoms. The van der Waals surface area contributed by atoms with Crippen LogP contribution in [0, 0.1) is 0 Å². The predicted molar refractivity (Wildman–Crippen MR) is 86.0 cm³/mol. The van der Waals surface area contributed by atoms with Crippen LogP contribution in [0.1, 0.15) is 13.3 Å². The highest BCUT2D eigenvalue weighted by atomic mass is 32.2. The van der Waals surface area contributed by atoms with Gasteiger partial charge in [0.15, 0.2) is 5.65 Å². The van der Waals surface area contributed by atoms with Crippen molar-refractivity contribution >= 4 is 23.4 Å². The summed E-state index contributed by atoms with van der Waals surface area (Å²) in [7, 11) is 1.39. The lowest BCUT2D eigenvalue weighted by Crippen LogP contribution is -2.18. The van der Waals surface area contributed by atoms with E-state index >= 15 is 0 Å². The number of nitrogens with zero attached hydrogens (tertiary/aromatic N) is 5. The van der Waals surface area contributed by atoms with Crippen molar-refractivity contribution in [3.63, 3.8) is 0 Å². The number of hydrogen-bond acceptors (Lipinski definition) is 7. The van der Waals surface area contributed by atoms with E-state index in [2.05, 4.69) is 20.3 Å². The van der Waals surface area contributed by atoms with Gasteiger partial charge in [-0.05, 0) is 30.7 Å². The fraction of sp³-hybridized carbons (Fsp3) is 0.267. The number of ether oxygens (including phenoxy) is 1. The Hall–Kier alpha value is -2.48. The standard InChI is InChI=1S/C15H15N5O2S/c1-3-11(15(21)22-2)23-13-8-7-12-17-18-14(20(12)19-13)10-6-4-5-9-16-10/h4-9,11H,3H2,1-2H3/t11-/m0/s1. The number of thioether (sulfide) groups is 1. The normalized spacial score (nSPS) is 12.3. The molecule has 0 saturated heterocycles. The van der Waals surface area contributed by atoms with Gasteiger partial charge in [0, 0.05) is 6.20 Å². The van der Waals surface area contributed by atoms with Crippen LogP contribution >= 0.6 is 11.8 Å². The van der Waals surface area contributed by atoms with Gasteiger partial charge in [-0.2, -0.15) is 9.61 Å². The molecule has 23 heavy (non-hydrogen) atoms. The van der Waals surface area contributed by atoms with E-state index in [1.165, 1.54) is 18.9 Å². The molecule has 0 fully saturated rings. The fourth-order valence-corrected chi connectivity index (χ4v) is 2.99. The van der Waals surface area contributed by atoms with Crippen LogP contribution < -0.4 is 0 Å². The molecule has 118 valence electrons. The molecule has 3 rings (SSSR count). The molecule has 0 bridgehead atoms. The van der Waals surface area contributed by atoms with Crippen molar-refractivity contribution in [2.24, 2.45) is 0 Å². The largest absolute Gasteiger partial charge is 0.468 e. The van der Waals surface area contributed by atoms with Crippen LogP contribution in [-0.4, -0.2) is 43.1 Å². The van der Waals surface area contributed by atoms with Crippen LogP contribution in [0.4, 0.5) is 0 Å². The Bertz CT molecular complexity index is 821. The second-order valence-electron chi connectivity index (χ2n) is 4.72. The maximum atomic E-state index is 11.7. The zero-order chi connectivity index (χ0) is 16.2. The summed E-state index contributed by atoms with van der Waals surface area (Å²) in [5.74, 6) is 0.308. The molecule has 0 N–H and O–H groups in total. The Morgan fingerprint density at radius 2 is 2.17 bits per heavy atom. The molecule has 0 aliphatic carbocycles. The number of hydrogen-bond donors (Lipinski definition) is 0. The third kappa shape index (κ3) is 3.16. The second kappa shape index (κ2) is 6.74. The molecule has 0 unspecified atom stereocenters. The first-order chi connectivity index (χ1) is 11.2. The van der Waals surface area contributed by atoms with Crippen molar-refractivity contribution in [1.29, 1.82) is 0 Å². The summed E-state index contributed by atoms with van der Waals surface area (Å²) in [5.41, 5.74) is 1.32. The lowest BCUT2D eigenvalue weighted by atomic mass is 10.3. The van der Waals surface area contributed by atoms with Crippen LogP contribution in [0.15, 0.2) is 41.6 Å². The highest BCUT2D eigenvalue weighted by molar-refractivity contribution is 8.00. The van der Waals surface area contributed by atoms with Gasteiger partial charge in [-0.3, -0.25) is 9.78 Å². The third-order valence-electron chi connectivity index (χ3n) is 3.23. The molecule has 0 saturated carbocycles. The van der Waals surface area contributed by atoms with Gasteiger partial charge >= 0.3 is 5.97 Å². The summed E-state index contributed by atoms with van der Waals surface area (Å²) < 4.78 is 6.45. The Morgan fingerprint density at radius 1 is 1.30 bits per heavy atom. The Balaban J connectivity index is 1.96. The Morgan fingerprint density at radius 3 is 2.87 bits per heavy atom. The first kappa shape index (κ1) is 15.4. The molecule has 3 heterocycles. The van der Waals surface area contributed by atoms with Crippen molar-refractivity contribution in [1.82, 2.24) is 24.8 Å². The first-order valence-electron chi connectivity index (χ1n) is 7.11. The van der Waals surface area contributed by atoms with E-state index in [1.807, 2.05) is 37.3 Å². The molecular formula is C15H15N5O2S. The average molecular weight is 329 g/mol. The van der Waals surface area contributed by atoms with Gasteiger partial charge in [0.1, 0.15) is 16.0 Å². The van der Waals surface area contributed by atoms with Gasteiger partial charge in [0.2, 0.25) is 5.82 Å². The van der Waals surface area contributed by atoms with Gasteiger partial charge in [-0.15, -0.1) is 10.2 Å². The lowest BCUT2D eigenvalue weighted by molar-refractivity contribution is -0.140. The average Bonchev–Trinajstić information content (AvgIpc) is 3.03. The number of aromatic nitrogens is 5. The molecule has 8 heteroatoms. The van der Waals surface area contributed by atoms with Gasteiger partial charge in [0.25, 0.3) is 0 Å². The first-order valence-corrected chi connectivity index (χ1v) is 7.99. The van der Waals surface area contributed by atoms with Crippen molar-refractivity contribution < 1.29 is 9.53 Å². The van der Waals surface area contributed by atoms with Crippen LogP contribution in [0.5, 0.6) is 0 Å². The van der Waals surface area contributed by atoms with E-state index in [-0.39, 0.29) is 11.2 Å². The van der Waals surface area contributed by atoms with Crippen molar-refractivity contribution in [3.8, 4) is 11.5 Å². The van der Waals surface area contributed by atoms with E-state index in [1.54, 1.807) is 10.7 Å². The van der Waals surface area contributed by atoms with E-state index < -0.39 is 0 Å². The SMILES string of the molecule is CC[C@H](Sc1ccc2nnc(-c3ccccn3)n2n1)C(=O)OC. The van der Waals surface area contributed by atoms with Gasteiger partial charge in [-0.1, -0.05) is 24.8 Å². The Kier molecular flexibility index (Phi) is 4.52. The third-order valence-corrected chi connectivity index (χ3v) is 4.50. The van der Waals surface area contributed by atoms with Gasteiger partial charge in [-0.25, -0.2) is 0 Å². The summed E-state index contributed by atoms with van der Waals surface area (Å²) in [4.78, 5) is 16.0. The minimum absolute atomic E-state index is 0.256. The molecule has 1 atom stereocenters. The molecule has 0 radical (unpaired) electrons. The topological polar surface area (TPSA) is 82.3 Å². The number of esters is 1. The van der Waals surface area contributed by atoms with E-state index in [0.717, 1.165) is 0 Å². The van der Waals surface area contributed by atoms with Crippen molar-refractivity contribution in [2.75, 3.05) is 7.11 Å². The number of methoxy groups -OCH3 is 1. The summed E-state index contributed by atoms with van der Waals surface area (Å²) >= 11 is 1.36. The van der Waals surface area contributed by atoms with E-state index in [4.69, 9.17) is 4.74 Å². The molecule has 3 aromatic rings. The predicted octanol–water partition coefficient (Wildman–Crippen LogP) is 2.23. The highest BCUT2D eigenvalue weighted by Crippen LogP contribution is 2.25. The molecule has 7 nitrogen and oxygen atoms in total. The molecule has 0 aliphatic rings. The van der Waals surface area contributed by atoms with Crippen molar-refractivity contribution in [3.05, 3.63) is 36.5 Å². The fourth-order valence-electron chi connectivity index (χ4n) is 2.06. The molecular weight excluding hydrogens is 314 g/mol. The summed E-state index contributed by atoms with van der Waals surface area (Å²) in [5, 5.41) is 13.2. The number of rotatable bonds is 5. The maximum Gasteiger partial charge on any atom is 0.319 e. The van der Waals surface area contributed by atoms with Gasteiger partial charge < -0.3 is 4.74 Å². The monoisotopic (exact) mass is 329 g/mol. The van der Waals surface area contributed by atoms with E-state index in [9.17, 15) is 4.79 Å². The molecule has 0 aliphatic heterocycles. The Labute approximate surface area is 137 Å². The molecule has 0 amide bonds. The van der Waals surface area contributed by atoms with Crippen molar-refractivity contribution in [2.45, 2.75) is 23.6 Å². The summed E-state index contributed by atoms with van der Waals surface area (Å²) in [6, 6.07) is 9.21. The number of carbonyl (C=O) groups is 1. The van der Waals surface area contributed by atoms with Crippen LogP contribution in [0.3, 0.4) is 0 Å². The summed E-state index contributed by atoms with van der Waals surface area (Å²) in [6.45, 7) is 1.94. The van der Waals surface area contributed by atoms with Crippen LogP contribution in [0.25, 0.3) is 17.2 Å².